The maximum Gasteiger partial charge on any atom is 0.200 e. The summed E-state index contributed by atoms with van der Waals surface area (Å²) in [7, 11) is -2.92. The van der Waals surface area contributed by atoms with E-state index in [-0.39, 0.29) is 6.16 Å². The van der Waals surface area contributed by atoms with Crippen molar-refractivity contribution in [3.63, 3.8) is 0 Å². The number of hydrogen-bond acceptors (Lipinski definition) is 2. The molecule has 0 spiro atoms. The molecule has 7 rings (SSSR count). The Hall–Kier alpha value is -3.12. The molecule has 0 bridgehead atoms. The molecule has 0 radical (unpaired) electrons. The normalized spacial score (nSPS) is 13.9. The topological polar surface area (TPSA) is 0 Å². The van der Waals surface area contributed by atoms with Gasteiger partial charge in [0.05, 0.1) is 15.3 Å². The molecule has 1 aliphatic heterocycles. The largest absolute Gasteiger partial charge is 0.203 e. The van der Waals surface area contributed by atoms with Gasteiger partial charge in [-0.15, -0.1) is 22.7 Å². The van der Waals surface area contributed by atoms with Crippen LogP contribution in [0.3, 0.4) is 0 Å². The Kier molecular flexibility index (Phi) is 5.10. The SMILES string of the molecule is Fc1c(F)c(F)c(C[P+]2(c3ccccc3)c3c(sc4ccccc34)-c3sc4ccccc4c32)c(F)c1F. The first kappa shape index (κ1) is 23.0. The third kappa shape index (κ3) is 3.02. The molecule has 0 amide bonds. The lowest BCUT2D eigenvalue weighted by atomic mass is 10.2. The van der Waals surface area contributed by atoms with Gasteiger partial charge in [0.2, 0.25) is 5.82 Å². The van der Waals surface area contributed by atoms with Crippen LogP contribution in [-0.4, -0.2) is 0 Å². The van der Waals surface area contributed by atoms with E-state index < -0.39 is 41.9 Å². The zero-order chi connectivity index (χ0) is 25.5. The van der Waals surface area contributed by atoms with Crippen LogP contribution in [0.25, 0.3) is 29.9 Å². The van der Waals surface area contributed by atoms with Crippen molar-refractivity contribution in [1.82, 2.24) is 0 Å². The lowest BCUT2D eigenvalue weighted by Crippen LogP contribution is -2.30. The van der Waals surface area contributed by atoms with Gasteiger partial charge in [0, 0.05) is 20.2 Å². The van der Waals surface area contributed by atoms with Gasteiger partial charge in [0.15, 0.2) is 23.3 Å². The fourth-order valence-electron chi connectivity index (χ4n) is 5.46. The monoisotopic (exact) mass is 553 g/mol. The van der Waals surface area contributed by atoms with Crippen molar-refractivity contribution in [2.75, 3.05) is 0 Å². The van der Waals surface area contributed by atoms with Gasteiger partial charge in [0.1, 0.15) is 29.3 Å². The van der Waals surface area contributed by atoms with Crippen LogP contribution in [0.5, 0.6) is 0 Å². The molecule has 182 valence electrons. The molecule has 2 aromatic heterocycles. The Bertz CT molecular complexity index is 1760. The van der Waals surface area contributed by atoms with Gasteiger partial charge < -0.3 is 0 Å². The molecular weight excluding hydrogens is 538 g/mol. The molecule has 0 nitrogen and oxygen atoms in total. The van der Waals surface area contributed by atoms with Gasteiger partial charge in [-0.2, -0.15) is 0 Å². The van der Waals surface area contributed by atoms with Gasteiger partial charge in [-0.25, -0.2) is 22.0 Å². The molecule has 37 heavy (non-hydrogen) atoms. The highest BCUT2D eigenvalue weighted by Gasteiger charge is 2.58. The lowest BCUT2D eigenvalue weighted by Gasteiger charge is -2.25. The summed E-state index contributed by atoms with van der Waals surface area (Å²) in [6, 6.07) is 25.1. The number of hydrogen-bond donors (Lipinski definition) is 0. The molecule has 1 aliphatic rings. The van der Waals surface area contributed by atoms with Gasteiger partial charge in [0.25, 0.3) is 0 Å². The third-order valence-electron chi connectivity index (χ3n) is 7.00. The molecule has 0 atom stereocenters. The first-order chi connectivity index (χ1) is 17.9. The number of rotatable bonds is 3. The summed E-state index contributed by atoms with van der Waals surface area (Å²) in [4.78, 5) is 2.02. The zero-order valence-corrected chi connectivity index (χ0v) is 21.4. The summed E-state index contributed by atoms with van der Waals surface area (Å²) in [6.45, 7) is 0. The first-order valence-corrected chi connectivity index (χ1v) is 15.0. The highest BCUT2D eigenvalue weighted by atomic mass is 32.1. The Labute approximate surface area is 217 Å². The smallest absolute Gasteiger partial charge is 0.200 e. The Morgan fingerprint density at radius 2 is 0.946 bits per heavy atom. The van der Waals surface area contributed by atoms with Crippen molar-refractivity contribution >= 4 is 66.0 Å². The molecular formula is C29H15F5PS2+. The minimum Gasteiger partial charge on any atom is -0.203 e. The third-order valence-corrected chi connectivity index (χ3v) is 14.2. The highest BCUT2D eigenvalue weighted by Crippen LogP contribution is 2.69. The number of benzene rings is 4. The molecule has 0 saturated carbocycles. The quantitative estimate of drug-likeness (QED) is 0.0896. The summed E-state index contributed by atoms with van der Waals surface area (Å²) in [6.07, 6.45) is -0.315. The summed E-state index contributed by atoms with van der Waals surface area (Å²) < 4.78 is 75.5. The second-order valence-electron chi connectivity index (χ2n) is 8.90. The standard InChI is InChI=1S/C29H15F5PS2/c30-21-18(22(31)24(33)25(34)23(21)32)14-35(15-8-2-1-3-9-15)26-16-10-4-6-12-19(16)36-28(26)29-27(35)17-11-5-7-13-20(17)37-29/h1-13H,14H2/q+1. The predicted octanol–water partition coefficient (Wildman–Crippen LogP) is 8.29. The summed E-state index contributed by atoms with van der Waals surface area (Å²) in [5, 5.41) is 4.66. The van der Waals surface area contributed by atoms with E-state index in [1.54, 1.807) is 22.7 Å². The molecule has 4 aromatic carbocycles. The van der Waals surface area contributed by atoms with Gasteiger partial charge in [-0.1, -0.05) is 42.5 Å². The average Bonchev–Trinajstić information content (AvgIpc) is 3.58. The van der Waals surface area contributed by atoms with Crippen LogP contribution < -0.4 is 15.9 Å². The minimum atomic E-state index is -2.92. The Morgan fingerprint density at radius 3 is 1.46 bits per heavy atom. The van der Waals surface area contributed by atoms with Crippen LogP contribution in [0, 0.1) is 29.1 Å². The molecule has 0 fully saturated rings. The maximum absolute atomic E-state index is 15.3. The molecule has 3 heterocycles. The van der Waals surface area contributed by atoms with Crippen LogP contribution in [-0.2, 0) is 6.16 Å². The van der Waals surface area contributed by atoms with Gasteiger partial charge >= 0.3 is 0 Å². The van der Waals surface area contributed by atoms with E-state index in [1.165, 1.54) is 0 Å². The maximum atomic E-state index is 15.3. The second-order valence-corrected chi connectivity index (χ2v) is 14.4. The van der Waals surface area contributed by atoms with Crippen LogP contribution in [0.2, 0.25) is 0 Å². The zero-order valence-electron chi connectivity index (χ0n) is 18.9. The van der Waals surface area contributed by atoms with Crippen LogP contribution in [0.15, 0.2) is 78.9 Å². The Balaban J connectivity index is 1.67. The molecule has 8 heteroatoms. The average molecular weight is 554 g/mol. The predicted molar refractivity (Wildman–Crippen MR) is 145 cm³/mol. The van der Waals surface area contributed by atoms with Crippen molar-refractivity contribution in [3.05, 3.63) is 114 Å². The Morgan fingerprint density at radius 1 is 0.514 bits per heavy atom. The van der Waals surface area contributed by atoms with E-state index in [0.717, 1.165) is 45.8 Å². The van der Waals surface area contributed by atoms with Crippen LogP contribution in [0.1, 0.15) is 5.56 Å². The van der Waals surface area contributed by atoms with E-state index in [1.807, 2.05) is 78.9 Å². The van der Waals surface area contributed by atoms with E-state index in [2.05, 4.69) is 0 Å². The number of thiophene rings is 2. The molecule has 0 N–H and O–H groups in total. The molecule has 0 unspecified atom stereocenters. The minimum absolute atomic E-state index is 0.315. The molecule has 0 saturated heterocycles. The van der Waals surface area contributed by atoms with Crippen molar-refractivity contribution in [1.29, 1.82) is 0 Å². The summed E-state index contributed by atoms with van der Waals surface area (Å²) in [5.41, 5.74) is -0.766. The van der Waals surface area contributed by atoms with E-state index >= 15 is 8.78 Å². The van der Waals surface area contributed by atoms with Crippen molar-refractivity contribution < 1.29 is 22.0 Å². The second kappa shape index (κ2) is 8.19. The van der Waals surface area contributed by atoms with Crippen LogP contribution in [0.4, 0.5) is 22.0 Å². The highest BCUT2D eigenvalue weighted by molar-refractivity contribution is 7.97. The van der Waals surface area contributed by atoms with E-state index in [4.69, 9.17) is 0 Å². The summed E-state index contributed by atoms with van der Waals surface area (Å²) in [5.74, 6) is -9.49. The van der Waals surface area contributed by atoms with Gasteiger partial charge in [-0.3, -0.25) is 0 Å². The first-order valence-electron chi connectivity index (χ1n) is 11.4. The fourth-order valence-corrected chi connectivity index (χ4v) is 14.1. The number of fused-ring (bicyclic) bond motifs is 7. The molecule has 6 aromatic rings. The van der Waals surface area contributed by atoms with Crippen molar-refractivity contribution in [2.24, 2.45) is 0 Å². The molecule has 0 aliphatic carbocycles. The fraction of sp³-hybridized carbons (Fsp3) is 0.0345. The van der Waals surface area contributed by atoms with Crippen LogP contribution >= 0.6 is 29.9 Å². The summed E-state index contributed by atoms with van der Waals surface area (Å²) >= 11 is 3.22. The van der Waals surface area contributed by atoms with E-state index in [0.29, 0.717) is 0 Å². The van der Waals surface area contributed by atoms with Gasteiger partial charge in [-0.05, 0) is 36.4 Å². The number of halogens is 5. The lowest BCUT2D eigenvalue weighted by molar-refractivity contribution is 0.372. The van der Waals surface area contributed by atoms with Crippen molar-refractivity contribution in [3.8, 4) is 9.75 Å². The van der Waals surface area contributed by atoms with Crippen molar-refractivity contribution in [2.45, 2.75) is 6.16 Å². The van der Waals surface area contributed by atoms with E-state index in [9.17, 15) is 13.2 Å².